The summed E-state index contributed by atoms with van der Waals surface area (Å²) in [5.74, 6) is -0.883. The van der Waals surface area contributed by atoms with Crippen LogP contribution in [0.5, 0.6) is 0 Å². The molecule has 0 aliphatic heterocycles. The van der Waals surface area contributed by atoms with Crippen LogP contribution in [0.15, 0.2) is 12.2 Å². The number of carbonyl (C=O) groups is 1. The minimum Gasteiger partial charge on any atom is -0.478 e. The van der Waals surface area contributed by atoms with Crippen LogP contribution >= 0.6 is 0 Å². The van der Waals surface area contributed by atoms with E-state index in [1.54, 1.807) is 0 Å². The first-order valence-electron chi connectivity index (χ1n) is 8.44. The summed E-state index contributed by atoms with van der Waals surface area (Å²) in [6, 6.07) is 0. The molecule has 0 aliphatic rings. The molecule has 0 aromatic rings. The van der Waals surface area contributed by atoms with Gasteiger partial charge in [0.05, 0.1) is 0 Å². The first-order valence-corrected chi connectivity index (χ1v) is 8.44. The molecule has 126 valence electrons. The van der Waals surface area contributed by atoms with E-state index in [-0.39, 0.29) is 5.54 Å². The maximum Gasteiger partial charge on any atom is 0.330 e. The molecule has 3 N–H and O–H groups in total. The first kappa shape index (κ1) is 22.5. The van der Waals surface area contributed by atoms with Gasteiger partial charge in [0, 0.05) is 11.1 Å². The largest absolute Gasteiger partial charge is 0.478 e. The summed E-state index contributed by atoms with van der Waals surface area (Å²) in [6.07, 6.45) is 12.3. The van der Waals surface area contributed by atoms with Crippen LogP contribution < -0.4 is 5.73 Å². The predicted molar refractivity (Wildman–Crippen MR) is 92.6 cm³/mol. The lowest BCUT2D eigenvalue weighted by molar-refractivity contribution is -0.132. The van der Waals surface area contributed by atoms with Crippen molar-refractivity contribution < 1.29 is 9.90 Å². The number of carboxylic acid groups (broad SMARTS) is 1. The molecule has 0 atom stereocenters. The normalized spacial score (nSPS) is 10.7. The maximum atomic E-state index is 9.99. The zero-order chi connectivity index (χ0) is 16.7. The SMILES string of the molecule is C=C(CCC)C(=O)O.CCCCCCCCCC(C)(C)N. The van der Waals surface area contributed by atoms with Crippen molar-refractivity contribution >= 4 is 5.97 Å². The number of rotatable bonds is 11. The average molecular weight is 299 g/mol. The van der Waals surface area contributed by atoms with Crippen LogP contribution in [0.25, 0.3) is 0 Å². The molecular formula is C18H37NO2. The smallest absolute Gasteiger partial charge is 0.330 e. The molecule has 0 amide bonds. The fourth-order valence-corrected chi connectivity index (χ4v) is 1.95. The first-order chi connectivity index (χ1) is 9.74. The van der Waals surface area contributed by atoms with Crippen LogP contribution in [0, 0.1) is 0 Å². The van der Waals surface area contributed by atoms with Crippen molar-refractivity contribution in [1.29, 1.82) is 0 Å². The van der Waals surface area contributed by atoms with E-state index in [2.05, 4.69) is 27.4 Å². The van der Waals surface area contributed by atoms with Crippen LogP contribution in [-0.4, -0.2) is 16.6 Å². The van der Waals surface area contributed by atoms with Gasteiger partial charge in [-0.15, -0.1) is 0 Å². The third kappa shape index (κ3) is 21.6. The molecule has 0 aliphatic carbocycles. The molecule has 0 aromatic carbocycles. The van der Waals surface area contributed by atoms with Gasteiger partial charge in [-0.2, -0.15) is 0 Å². The summed E-state index contributed by atoms with van der Waals surface area (Å²) >= 11 is 0. The van der Waals surface area contributed by atoms with Crippen LogP contribution in [0.1, 0.15) is 91.9 Å². The average Bonchev–Trinajstić information content (AvgIpc) is 2.37. The summed E-state index contributed by atoms with van der Waals surface area (Å²) in [7, 11) is 0. The second-order valence-electron chi connectivity index (χ2n) is 6.52. The van der Waals surface area contributed by atoms with Gasteiger partial charge in [0.25, 0.3) is 0 Å². The molecule has 0 bridgehead atoms. The second kappa shape index (κ2) is 14.1. The van der Waals surface area contributed by atoms with Gasteiger partial charge in [0.15, 0.2) is 0 Å². The van der Waals surface area contributed by atoms with E-state index < -0.39 is 5.97 Å². The van der Waals surface area contributed by atoms with Gasteiger partial charge in [-0.1, -0.05) is 71.8 Å². The Kier molecular flexibility index (Phi) is 15.1. The highest BCUT2D eigenvalue weighted by molar-refractivity contribution is 5.85. The van der Waals surface area contributed by atoms with Gasteiger partial charge in [0.1, 0.15) is 0 Å². The van der Waals surface area contributed by atoms with E-state index in [9.17, 15) is 4.79 Å². The van der Waals surface area contributed by atoms with Crippen molar-refractivity contribution in [3.8, 4) is 0 Å². The van der Waals surface area contributed by atoms with Crippen LogP contribution in [-0.2, 0) is 4.79 Å². The van der Waals surface area contributed by atoms with Gasteiger partial charge in [-0.3, -0.25) is 0 Å². The Morgan fingerprint density at radius 1 is 1.00 bits per heavy atom. The molecule has 0 fully saturated rings. The molecule has 21 heavy (non-hydrogen) atoms. The Hall–Kier alpha value is -0.830. The highest BCUT2D eigenvalue weighted by atomic mass is 16.4. The standard InChI is InChI=1S/C12H27N.C6H10O2/c1-4-5-6-7-8-9-10-11-12(2,3)13;1-3-4-5(2)6(7)8/h4-11,13H2,1-3H3;2-4H2,1H3,(H,7,8). The lowest BCUT2D eigenvalue weighted by Crippen LogP contribution is -2.31. The van der Waals surface area contributed by atoms with Crippen molar-refractivity contribution in [2.45, 2.75) is 97.4 Å². The fourth-order valence-electron chi connectivity index (χ4n) is 1.95. The van der Waals surface area contributed by atoms with E-state index in [1.165, 1.54) is 51.4 Å². The minimum atomic E-state index is -0.883. The highest BCUT2D eigenvalue weighted by Crippen LogP contribution is 2.13. The number of nitrogens with two attached hydrogens (primary N) is 1. The van der Waals surface area contributed by atoms with Crippen molar-refractivity contribution in [1.82, 2.24) is 0 Å². The summed E-state index contributed by atoms with van der Waals surface area (Å²) in [6.45, 7) is 11.8. The second-order valence-corrected chi connectivity index (χ2v) is 6.52. The molecular weight excluding hydrogens is 262 g/mol. The number of carboxylic acids is 1. The summed E-state index contributed by atoms with van der Waals surface area (Å²) in [5.41, 5.74) is 6.24. The Labute approximate surface area is 132 Å². The van der Waals surface area contributed by atoms with Crippen molar-refractivity contribution in [2.75, 3.05) is 0 Å². The zero-order valence-corrected chi connectivity index (χ0v) is 14.7. The van der Waals surface area contributed by atoms with Crippen molar-refractivity contribution in [2.24, 2.45) is 5.73 Å². The zero-order valence-electron chi connectivity index (χ0n) is 14.7. The Bertz CT molecular complexity index is 267. The maximum absolute atomic E-state index is 9.99. The monoisotopic (exact) mass is 299 g/mol. The van der Waals surface area contributed by atoms with E-state index in [4.69, 9.17) is 10.8 Å². The summed E-state index contributed by atoms with van der Waals surface area (Å²) in [4.78, 5) is 9.99. The molecule has 0 heterocycles. The lowest BCUT2D eigenvalue weighted by Gasteiger charge is -2.17. The van der Waals surface area contributed by atoms with Gasteiger partial charge >= 0.3 is 5.97 Å². The molecule has 0 radical (unpaired) electrons. The molecule has 0 unspecified atom stereocenters. The third-order valence-corrected chi connectivity index (χ3v) is 3.28. The van der Waals surface area contributed by atoms with E-state index in [1.807, 2.05) is 6.92 Å². The Morgan fingerprint density at radius 2 is 1.48 bits per heavy atom. The van der Waals surface area contributed by atoms with Crippen molar-refractivity contribution in [3.05, 3.63) is 12.2 Å². The quantitative estimate of drug-likeness (QED) is 0.402. The van der Waals surface area contributed by atoms with Gasteiger partial charge in [0.2, 0.25) is 0 Å². The van der Waals surface area contributed by atoms with E-state index >= 15 is 0 Å². The highest BCUT2D eigenvalue weighted by Gasteiger charge is 2.08. The number of hydrogen-bond acceptors (Lipinski definition) is 2. The molecule has 3 nitrogen and oxygen atoms in total. The lowest BCUT2D eigenvalue weighted by atomic mass is 9.97. The summed E-state index contributed by atoms with van der Waals surface area (Å²) in [5, 5.41) is 8.21. The predicted octanol–water partition coefficient (Wildman–Crippen LogP) is 5.29. The molecule has 0 spiro atoms. The Balaban J connectivity index is 0. The molecule has 3 heteroatoms. The van der Waals surface area contributed by atoms with Gasteiger partial charge in [-0.25, -0.2) is 4.79 Å². The molecule has 0 rings (SSSR count). The Morgan fingerprint density at radius 3 is 1.81 bits per heavy atom. The number of unbranched alkanes of at least 4 members (excludes halogenated alkanes) is 6. The molecule has 0 saturated carbocycles. The van der Waals surface area contributed by atoms with Crippen LogP contribution in [0.4, 0.5) is 0 Å². The van der Waals surface area contributed by atoms with Crippen LogP contribution in [0.3, 0.4) is 0 Å². The molecule has 0 aromatic heterocycles. The topological polar surface area (TPSA) is 63.3 Å². The number of hydrogen-bond donors (Lipinski definition) is 2. The minimum absolute atomic E-state index is 0.0451. The number of aliphatic carboxylic acids is 1. The molecule has 0 saturated heterocycles. The van der Waals surface area contributed by atoms with E-state index in [0.29, 0.717) is 12.0 Å². The van der Waals surface area contributed by atoms with Crippen LogP contribution in [0.2, 0.25) is 0 Å². The van der Waals surface area contributed by atoms with Gasteiger partial charge in [-0.05, 0) is 26.7 Å². The summed E-state index contributed by atoms with van der Waals surface area (Å²) < 4.78 is 0. The van der Waals surface area contributed by atoms with Crippen molar-refractivity contribution in [3.63, 3.8) is 0 Å². The van der Waals surface area contributed by atoms with Gasteiger partial charge < -0.3 is 10.8 Å². The van der Waals surface area contributed by atoms with E-state index in [0.717, 1.165) is 6.42 Å². The third-order valence-electron chi connectivity index (χ3n) is 3.28. The fraction of sp³-hybridized carbons (Fsp3) is 0.833.